The molecule has 1 aliphatic rings. The lowest BCUT2D eigenvalue weighted by Crippen LogP contribution is -2.25. The molecule has 6 heteroatoms. The number of rotatable bonds is 4. The van der Waals surface area contributed by atoms with E-state index in [1.54, 1.807) is 30.1 Å². The molecule has 0 spiro atoms. The maximum Gasteiger partial charge on any atom is 0.290 e. The zero-order valence-electron chi connectivity index (χ0n) is 15.0. The van der Waals surface area contributed by atoms with Gasteiger partial charge in [0.05, 0.1) is 23.6 Å². The maximum absolute atomic E-state index is 13.2. The molecule has 0 saturated carbocycles. The summed E-state index contributed by atoms with van der Waals surface area (Å²) < 4.78 is 12.3. The van der Waals surface area contributed by atoms with E-state index in [0.29, 0.717) is 23.1 Å². The molecule has 0 bridgehead atoms. The first-order valence-corrected chi connectivity index (χ1v) is 9.56. The Balaban J connectivity index is 1.90. The predicted octanol–water partition coefficient (Wildman–Crippen LogP) is 4.52. The van der Waals surface area contributed by atoms with Crippen molar-refractivity contribution in [1.29, 1.82) is 0 Å². The lowest BCUT2D eigenvalue weighted by Gasteiger charge is -2.21. The molecular formula is C21H18BrNO4. The molecule has 2 aromatic carbocycles. The quantitative estimate of drug-likeness (QED) is 0.613. The van der Waals surface area contributed by atoms with Crippen LogP contribution in [-0.2, 0) is 0 Å². The average molecular weight is 428 g/mol. The molecule has 0 fully saturated rings. The van der Waals surface area contributed by atoms with Crippen LogP contribution >= 0.6 is 15.9 Å². The van der Waals surface area contributed by atoms with Gasteiger partial charge in [-0.25, -0.2) is 0 Å². The summed E-state index contributed by atoms with van der Waals surface area (Å²) in [5.74, 6) is 0.538. The predicted molar refractivity (Wildman–Crippen MR) is 106 cm³/mol. The fourth-order valence-corrected chi connectivity index (χ4v) is 3.81. The molecule has 0 radical (unpaired) electrons. The second kappa shape index (κ2) is 6.85. The van der Waals surface area contributed by atoms with E-state index >= 15 is 0 Å². The Kier molecular flexibility index (Phi) is 4.52. The molecule has 1 atom stereocenters. The van der Waals surface area contributed by atoms with Crippen LogP contribution in [0.4, 0.5) is 0 Å². The van der Waals surface area contributed by atoms with Crippen LogP contribution < -0.4 is 10.2 Å². The van der Waals surface area contributed by atoms with E-state index < -0.39 is 6.04 Å². The van der Waals surface area contributed by atoms with Crippen LogP contribution in [0.5, 0.6) is 5.75 Å². The van der Waals surface area contributed by atoms with Crippen molar-refractivity contribution in [2.75, 3.05) is 13.7 Å². The van der Waals surface area contributed by atoms with Crippen LogP contribution in [0.15, 0.2) is 56.1 Å². The Morgan fingerprint density at radius 3 is 2.78 bits per heavy atom. The minimum Gasteiger partial charge on any atom is -0.494 e. The largest absolute Gasteiger partial charge is 0.494 e. The molecule has 138 valence electrons. The second-order valence-electron chi connectivity index (χ2n) is 6.55. The zero-order valence-corrected chi connectivity index (χ0v) is 16.6. The van der Waals surface area contributed by atoms with Crippen LogP contribution in [0.1, 0.15) is 41.1 Å². The number of amides is 1. The van der Waals surface area contributed by atoms with Gasteiger partial charge >= 0.3 is 0 Å². The van der Waals surface area contributed by atoms with Gasteiger partial charge in [0.1, 0.15) is 11.3 Å². The van der Waals surface area contributed by atoms with Crippen molar-refractivity contribution in [3.8, 4) is 5.75 Å². The highest BCUT2D eigenvalue weighted by Gasteiger charge is 2.40. The fourth-order valence-electron chi connectivity index (χ4n) is 3.44. The van der Waals surface area contributed by atoms with E-state index in [4.69, 9.17) is 9.15 Å². The van der Waals surface area contributed by atoms with Crippen molar-refractivity contribution in [1.82, 2.24) is 4.90 Å². The summed E-state index contributed by atoms with van der Waals surface area (Å²) in [5.41, 5.74) is 1.42. The summed E-state index contributed by atoms with van der Waals surface area (Å²) in [7, 11) is 1.68. The molecule has 4 rings (SSSR count). The third-order valence-corrected chi connectivity index (χ3v) is 5.20. The first kappa shape index (κ1) is 17.8. The minimum atomic E-state index is -0.502. The minimum absolute atomic E-state index is 0.113. The Hall–Kier alpha value is -2.60. The lowest BCUT2D eigenvalue weighted by atomic mass is 9.98. The highest BCUT2D eigenvalue weighted by Crippen LogP contribution is 2.38. The molecule has 0 saturated heterocycles. The van der Waals surface area contributed by atoms with Crippen molar-refractivity contribution >= 4 is 32.8 Å². The zero-order chi connectivity index (χ0) is 19.1. The number of carbonyl (C=O) groups excluding carboxylic acids is 1. The number of ether oxygens (including phenoxy) is 1. The van der Waals surface area contributed by atoms with Crippen molar-refractivity contribution in [2.24, 2.45) is 0 Å². The van der Waals surface area contributed by atoms with Gasteiger partial charge in [-0.15, -0.1) is 0 Å². The second-order valence-corrected chi connectivity index (χ2v) is 7.47. The molecule has 0 aliphatic carbocycles. The van der Waals surface area contributed by atoms with E-state index in [2.05, 4.69) is 15.9 Å². The Morgan fingerprint density at radius 1 is 1.19 bits per heavy atom. The number of fused-ring (bicyclic) bond motifs is 2. The van der Waals surface area contributed by atoms with Gasteiger partial charge < -0.3 is 14.1 Å². The molecule has 3 aromatic rings. The molecule has 1 amide bonds. The molecule has 27 heavy (non-hydrogen) atoms. The van der Waals surface area contributed by atoms with Gasteiger partial charge in [-0.2, -0.15) is 0 Å². The number of hydrogen-bond donors (Lipinski definition) is 0. The molecule has 5 nitrogen and oxygen atoms in total. The molecular weight excluding hydrogens is 410 g/mol. The summed E-state index contributed by atoms with van der Waals surface area (Å²) in [6.07, 6.45) is 0.902. The number of halogens is 1. The van der Waals surface area contributed by atoms with Crippen LogP contribution in [0.3, 0.4) is 0 Å². The maximum atomic E-state index is 13.2. The van der Waals surface area contributed by atoms with Crippen LogP contribution in [0.25, 0.3) is 11.0 Å². The third-order valence-electron chi connectivity index (χ3n) is 4.71. The van der Waals surface area contributed by atoms with E-state index in [-0.39, 0.29) is 17.1 Å². The Morgan fingerprint density at radius 2 is 2.00 bits per heavy atom. The van der Waals surface area contributed by atoms with Crippen LogP contribution in [0, 0.1) is 0 Å². The molecule has 1 aromatic heterocycles. The standard InChI is InChI=1S/C21H18BrNO4/c1-3-9-26-14-6-4-5-12(10-14)18-17-19(24)15-11-13(22)7-8-16(15)27-20(17)21(25)23(18)2/h4-8,10-11,18H,3,9H2,1-2H3. The van der Waals surface area contributed by atoms with Crippen LogP contribution in [-0.4, -0.2) is 24.5 Å². The molecule has 2 heterocycles. The lowest BCUT2D eigenvalue weighted by molar-refractivity contribution is 0.0771. The third kappa shape index (κ3) is 2.94. The normalized spacial score (nSPS) is 16.0. The molecule has 1 aliphatic heterocycles. The van der Waals surface area contributed by atoms with Gasteiger partial charge in [0.25, 0.3) is 5.91 Å². The summed E-state index contributed by atoms with van der Waals surface area (Å²) in [6, 6.07) is 12.2. The first-order chi connectivity index (χ1) is 13.0. The average Bonchev–Trinajstić information content (AvgIpc) is 2.92. The number of carbonyl (C=O) groups is 1. The van der Waals surface area contributed by atoms with Gasteiger partial charge in [0.15, 0.2) is 5.43 Å². The van der Waals surface area contributed by atoms with E-state index in [1.165, 1.54) is 0 Å². The smallest absolute Gasteiger partial charge is 0.290 e. The van der Waals surface area contributed by atoms with Crippen LogP contribution in [0.2, 0.25) is 0 Å². The summed E-state index contributed by atoms with van der Waals surface area (Å²) in [6.45, 7) is 2.65. The van der Waals surface area contributed by atoms with E-state index in [9.17, 15) is 9.59 Å². The van der Waals surface area contributed by atoms with Crippen molar-refractivity contribution in [2.45, 2.75) is 19.4 Å². The van der Waals surface area contributed by atoms with Gasteiger partial charge in [-0.05, 0) is 42.3 Å². The highest BCUT2D eigenvalue weighted by molar-refractivity contribution is 9.10. The summed E-state index contributed by atoms with van der Waals surface area (Å²) >= 11 is 3.39. The van der Waals surface area contributed by atoms with Crippen molar-refractivity contribution in [3.63, 3.8) is 0 Å². The highest BCUT2D eigenvalue weighted by atomic mass is 79.9. The summed E-state index contributed by atoms with van der Waals surface area (Å²) in [4.78, 5) is 27.5. The van der Waals surface area contributed by atoms with Crippen molar-refractivity contribution < 1.29 is 13.9 Å². The van der Waals surface area contributed by atoms with Gasteiger partial charge in [-0.1, -0.05) is 35.0 Å². The SMILES string of the molecule is CCCOc1cccc(C2c3c(oc4ccc(Br)cc4c3=O)C(=O)N2C)c1. The number of benzene rings is 2. The van der Waals surface area contributed by atoms with Gasteiger partial charge in [0.2, 0.25) is 5.76 Å². The van der Waals surface area contributed by atoms with Crippen molar-refractivity contribution in [3.05, 3.63) is 74.0 Å². The van der Waals surface area contributed by atoms with Gasteiger partial charge in [0, 0.05) is 11.5 Å². The monoisotopic (exact) mass is 427 g/mol. The summed E-state index contributed by atoms with van der Waals surface area (Å²) in [5, 5.41) is 0.453. The number of hydrogen-bond acceptors (Lipinski definition) is 4. The Bertz CT molecular complexity index is 1110. The molecule has 0 N–H and O–H groups in total. The van der Waals surface area contributed by atoms with E-state index in [1.807, 2.05) is 31.2 Å². The Labute approximate surface area is 164 Å². The first-order valence-electron chi connectivity index (χ1n) is 8.77. The van der Waals surface area contributed by atoms with Gasteiger partial charge in [-0.3, -0.25) is 9.59 Å². The topological polar surface area (TPSA) is 59.8 Å². The molecule has 1 unspecified atom stereocenters. The number of nitrogens with zero attached hydrogens (tertiary/aromatic N) is 1. The van der Waals surface area contributed by atoms with E-state index in [0.717, 1.165) is 22.2 Å². The fraction of sp³-hybridized carbons (Fsp3) is 0.238.